The van der Waals surface area contributed by atoms with Gasteiger partial charge in [-0.15, -0.1) is 11.6 Å². The highest BCUT2D eigenvalue weighted by molar-refractivity contribution is 6.37. The zero-order valence-electron chi connectivity index (χ0n) is 16.5. The second kappa shape index (κ2) is 11.0. The zero-order chi connectivity index (χ0) is 21.4. The minimum Gasteiger partial charge on any atom is -0.490 e. The molecule has 0 spiro atoms. The highest BCUT2D eigenvalue weighted by atomic mass is 35.5. The van der Waals surface area contributed by atoms with Gasteiger partial charge in [0.05, 0.1) is 23.2 Å². The van der Waals surface area contributed by atoms with Crippen LogP contribution in [0.5, 0.6) is 5.75 Å². The molecule has 1 amide bonds. The van der Waals surface area contributed by atoms with Crippen LogP contribution in [0.1, 0.15) is 37.0 Å². The van der Waals surface area contributed by atoms with Crippen LogP contribution in [-0.4, -0.2) is 24.9 Å². The van der Waals surface area contributed by atoms with Crippen LogP contribution in [0.25, 0.3) is 0 Å². The molecule has 2 aromatic rings. The van der Waals surface area contributed by atoms with Crippen molar-refractivity contribution in [1.29, 1.82) is 0 Å². The summed E-state index contributed by atoms with van der Waals surface area (Å²) in [4.78, 5) is 11.5. The molecule has 2 aromatic carbocycles. The molecule has 5 nitrogen and oxygen atoms in total. The van der Waals surface area contributed by atoms with Crippen LogP contribution in [0.2, 0.25) is 10.0 Å². The van der Waals surface area contributed by atoms with E-state index in [-0.39, 0.29) is 17.9 Å². The van der Waals surface area contributed by atoms with Crippen LogP contribution >= 0.6 is 34.8 Å². The monoisotopic (exact) mass is 457 g/mol. The fraction of sp³-hybridized carbons (Fsp3) is 0.381. The molecule has 0 bridgehead atoms. The molecule has 0 saturated heterocycles. The smallest absolute Gasteiger partial charge is 0.235 e. The fourth-order valence-electron chi connectivity index (χ4n) is 2.85. The summed E-state index contributed by atoms with van der Waals surface area (Å²) in [7, 11) is 0. The molecule has 0 unspecified atom stereocenters. The summed E-state index contributed by atoms with van der Waals surface area (Å²) in [5.41, 5.74) is 5.07. The van der Waals surface area contributed by atoms with Gasteiger partial charge in [0, 0.05) is 17.8 Å². The molecule has 0 fully saturated rings. The van der Waals surface area contributed by atoms with Gasteiger partial charge in [-0.3, -0.25) is 16.1 Å². The van der Waals surface area contributed by atoms with E-state index in [0.717, 1.165) is 23.1 Å². The molecule has 0 aliphatic rings. The molecule has 158 valence electrons. The van der Waals surface area contributed by atoms with E-state index in [2.05, 4.69) is 24.6 Å². The first kappa shape index (κ1) is 23.8. The molecule has 4 N–H and O–H groups in total. The second-order valence-corrected chi connectivity index (χ2v) is 8.33. The van der Waals surface area contributed by atoms with Crippen molar-refractivity contribution in [2.45, 2.75) is 32.2 Å². The fourth-order valence-corrected chi connectivity index (χ4v) is 3.55. The van der Waals surface area contributed by atoms with E-state index in [1.807, 2.05) is 36.4 Å². The summed E-state index contributed by atoms with van der Waals surface area (Å²) in [6.45, 7) is 5.19. The molecule has 0 aliphatic heterocycles. The minimum atomic E-state index is -0.326. The number of amides is 1. The number of hydrazine groups is 1. The average Bonchev–Trinajstić information content (AvgIpc) is 2.69. The number of halogens is 3. The van der Waals surface area contributed by atoms with Gasteiger partial charge in [-0.2, -0.15) is 0 Å². The number of benzene rings is 2. The predicted molar refractivity (Wildman–Crippen MR) is 120 cm³/mol. The predicted octanol–water partition coefficient (Wildman–Crippen LogP) is 4.41. The molecular formula is C21H26Cl3N3O2. The third-order valence-corrected chi connectivity index (χ3v) is 5.50. The third kappa shape index (κ3) is 6.49. The SMILES string of the molecule is CC(C)(c1ccc(CNC(=O)CNN)cc1)c1cc(Cl)c(OCCCCl)c(Cl)c1. The normalized spacial score (nSPS) is 11.4. The summed E-state index contributed by atoms with van der Waals surface area (Å²) in [5.74, 6) is 5.98. The van der Waals surface area contributed by atoms with Gasteiger partial charge < -0.3 is 10.1 Å². The van der Waals surface area contributed by atoms with E-state index in [4.69, 9.17) is 45.4 Å². The Balaban J connectivity index is 2.16. The maximum atomic E-state index is 11.5. The molecule has 29 heavy (non-hydrogen) atoms. The van der Waals surface area contributed by atoms with E-state index < -0.39 is 0 Å². The topological polar surface area (TPSA) is 76.4 Å². The summed E-state index contributed by atoms with van der Waals surface area (Å²) in [5, 5.41) is 3.74. The van der Waals surface area contributed by atoms with Crippen molar-refractivity contribution in [2.24, 2.45) is 5.84 Å². The Morgan fingerprint density at radius 3 is 2.28 bits per heavy atom. The van der Waals surface area contributed by atoms with E-state index in [1.54, 1.807) is 0 Å². The number of carbonyl (C=O) groups is 1. The van der Waals surface area contributed by atoms with Crippen molar-refractivity contribution in [2.75, 3.05) is 19.0 Å². The van der Waals surface area contributed by atoms with Crippen molar-refractivity contribution in [1.82, 2.24) is 10.7 Å². The van der Waals surface area contributed by atoms with Crippen LogP contribution in [0.4, 0.5) is 0 Å². The molecule has 2 rings (SSSR count). The molecule has 0 saturated carbocycles. The van der Waals surface area contributed by atoms with E-state index in [1.165, 1.54) is 0 Å². The Kier molecular flexibility index (Phi) is 9.05. The maximum Gasteiger partial charge on any atom is 0.235 e. The number of nitrogens with one attached hydrogen (secondary N) is 2. The lowest BCUT2D eigenvalue weighted by Crippen LogP contribution is -2.36. The summed E-state index contributed by atoms with van der Waals surface area (Å²) < 4.78 is 5.67. The first-order valence-corrected chi connectivity index (χ1v) is 10.6. The van der Waals surface area contributed by atoms with Gasteiger partial charge >= 0.3 is 0 Å². The number of ether oxygens (including phenoxy) is 1. The summed E-state index contributed by atoms with van der Waals surface area (Å²) in [6, 6.07) is 11.8. The Hall–Kier alpha value is -1.50. The van der Waals surface area contributed by atoms with Crippen LogP contribution in [0.3, 0.4) is 0 Å². The van der Waals surface area contributed by atoms with Crippen molar-refractivity contribution in [3.05, 3.63) is 63.1 Å². The number of hydrogen-bond donors (Lipinski definition) is 3. The largest absolute Gasteiger partial charge is 0.490 e. The van der Waals surface area contributed by atoms with Crippen LogP contribution < -0.4 is 21.3 Å². The quantitative estimate of drug-likeness (QED) is 0.213. The van der Waals surface area contributed by atoms with Crippen LogP contribution in [0, 0.1) is 0 Å². The molecule has 8 heteroatoms. The maximum absolute atomic E-state index is 11.5. The lowest BCUT2D eigenvalue weighted by atomic mass is 9.78. The number of hydrogen-bond acceptors (Lipinski definition) is 4. The minimum absolute atomic E-state index is 0.0816. The second-order valence-electron chi connectivity index (χ2n) is 7.14. The molecular weight excluding hydrogens is 433 g/mol. The van der Waals surface area contributed by atoms with Crippen molar-refractivity contribution in [3.8, 4) is 5.75 Å². The zero-order valence-corrected chi connectivity index (χ0v) is 18.8. The Morgan fingerprint density at radius 1 is 1.10 bits per heavy atom. The summed E-state index contributed by atoms with van der Waals surface area (Å²) in [6.07, 6.45) is 0.719. The van der Waals surface area contributed by atoms with Gasteiger partial charge in [0.15, 0.2) is 5.75 Å². The van der Waals surface area contributed by atoms with Crippen molar-refractivity contribution in [3.63, 3.8) is 0 Å². The Labute approximate surface area is 186 Å². The first-order valence-electron chi connectivity index (χ1n) is 9.27. The van der Waals surface area contributed by atoms with Gasteiger partial charge in [-0.05, 0) is 35.2 Å². The van der Waals surface area contributed by atoms with Crippen molar-refractivity contribution < 1.29 is 9.53 Å². The Morgan fingerprint density at radius 2 is 1.72 bits per heavy atom. The number of nitrogens with two attached hydrogens (primary N) is 1. The van der Waals surface area contributed by atoms with Gasteiger partial charge in [0.2, 0.25) is 5.91 Å². The number of carbonyl (C=O) groups excluding carboxylic acids is 1. The number of rotatable bonds is 10. The average molecular weight is 459 g/mol. The van der Waals surface area contributed by atoms with Gasteiger partial charge in [-0.25, -0.2) is 0 Å². The number of alkyl halides is 1. The van der Waals surface area contributed by atoms with Crippen molar-refractivity contribution >= 4 is 40.7 Å². The van der Waals surface area contributed by atoms with E-state index >= 15 is 0 Å². The molecule has 0 aromatic heterocycles. The highest BCUT2D eigenvalue weighted by Crippen LogP contribution is 2.40. The highest BCUT2D eigenvalue weighted by Gasteiger charge is 2.25. The van der Waals surface area contributed by atoms with E-state index in [9.17, 15) is 4.79 Å². The first-order chi connectivity index (χ1) is 13.8. The van der Waals surface area contributed by atoms with Gasteiger partial charge in [0.25, 0.3) is 0 Å². The standard InChI is InChI=1S/C21H26Cl3N3O2/c1-21(2,15-6-4-14(5-7-15)12-26-19(28)13-27-25)16-10-17(23)20(18(24)11-16)29-9-3-8-22/h4-7,10-11,27H,3,8-9,12-13,25H2,1-2H3,(H,26,28). The van der Waals surface area contributed by atoms with Crippen LogP contribution in [0.15, 0.2) is 36.4 Å². The molecule has 0 aliphatic carbocycles. The van der Waals surface area contributed by atoms with Gasteiger partial charge in [-0.1, -0.05) is 61.3 Å². The van der Waals surface area contributed by atoms with Crippen LogP contribution in [-0.2, 0) is 16.8 Å². The Bertz CT molecular complexity index is 803. The lowest BCUT2D eigenvalue weighted by Gasteiger charge is -2.27. The third-order valence-electron chi connectivity index (χ3n) is 4.67. The molecule has 0 atom stereocenters. The molecule has 0 radical (unpaired) electrons. The van der Waals surface area contributed by atoms with Gasteiger partial charge in [0.1, 0.15) is 0 Å². The van der Waals surface area contributed by atoms with E-state index in [0.29, 0.717) is 34.8 Å². The summed E-state index contributed by atoms with van der Waals surface area (Å²) >= 11 is 18.6. The lowest BCUT2D eigenvalue weighted by molar-refractivity contribution is -0.120. The molecule has 0 heterocycles.